The lowest BCUT2D eigenvalue weighted by atomic mass is 9.94. The number of hydrogen-bond donors (Lipinski definition) is 1. The Morgan fingerprint density at radius 2 is 1.81 bits per heavy atom. The Labute approximate surface area is 140 Å². The lowest BCUT2D eigenvalue weighted by molar-refractivity contribution is 0.0912. The third-order valence-corrected chi connectivity index (χ3v) is 4.20. The van der Waals surface area contributed by atoms with E-state index in [-0.39, 0.29) is 11.4 Å². The Morgan fingerprint density at radius 3 is 2.43 bits per heavy atom. The number of aryl methyl sites for hydroxylation is 1. The molecule has 2 aromatic carbocycles. The first-order valence-electron chi connectivity index (χ1n) is 7.00. The summed E-state index contributed by atoms with van der Waals surface area (Å²) in [6.07, 6.45) is 0.808. The van der Waals surface area contributed by atoms with E-state index in [1.165, 1.54) is 11.1 Å². The van der Waals surface area contributed by atoms with Gasteiger partial charge in [0.1, 0.15) is 0 Å². The topological polar surface area (TPSA) is 29.1 Å². The molecule has 0 heterocycles. The number of hydrogen-bond acceptors (Lipinski definition) is 1. The van der Waals surface area contributed by atoms with Gasteiger partial charge in [-0.15, -0.1) is 0 Å². The molecule has 0 spiro atoms. The maximum atomic E-state index is 12.5. The molecule has 0 aromatic heterocycles. The van der Waals surface area contributed by atoms with Crippen molar-refractivity contribution in [1.82, 2.24) is 5.32 Å². The zero-order chi connectivity index (χ0) is 15.5. The van der Waals surface area contributed by atoms with Crippen molar-refractivity contribution in [3.05, 3.63) is 68.8 Å². The highest BCUT2D eigenvalue weighted by Crippen LogP contribution is 2.17. The van der Waals surface area contributed by atoms with Crippen LogP contribution in [0.15, 0.2) is 48.5 Å². The van der Waals surface area contributed by atoms with Gasteiger partial charge in [0.2, 0.25) is 0 Å². The molecule has 0 aliphatic carbocycles. The fourth-order valence-electron chi connectivity index (χ4n) is 2.33. The minimum absolute atomic E-state index is 0.0136. The first-order valence-corrected chi connectivity index (χ1v) is 8.08. The second-order valence-electron chi connectivity index (χ2n) is 5.98. The van der Waals surface area contributed by atoms with Gasteiger partial charge < -0.3 is 5.32 Å². The molecule has 1 amide bonds. The van der Waals surface area contributed by atoms with Gasteiger partial charge in [-0.1, -0.05) is 42.0 Å². The zero-order valence-corrected chi connectivity index (χ0v) is 14.8. The molecule has 0 radical (unpaired) electrons. The van der Waals surface area contributed by atoms with Crippen LogP contribution in [0.25, 0.3) is 0 Å². The third-order valence-electron chi connectivity index (χ3n) is 3.31. The molecule has 0 atom stereocenters. The Bertz CT molecular complexity index is 635. The molecule has 2 aromatic rings. The molecule has 0 saturated carbocycles. The minimum atomic E-state index is -0.285. The molecular formula is C18H20INO. The number of benzene rings is 2. The van der Waals surface area contributed by atoms with Crippen LogP contribution in [0.5, 0.6) is 0 Å². The fourth-order valence-corrected chi connectivity index (χ4v) is 3.25. The SMILES string of the molecule is Cc1ccc(C(=O)NC(C)(C)Cc2ccccc2)c(I)c1. The molecule has 0 aliphatic rings. The molecule has 1 N–H and O–H groups in total. The summed E-state index contributed by atoms with van der Waals surface area (Å²) in [5.41, 5.74) is 2.84. The fraction of sp³-hybridized carbons (Fsp3) is 0.278. The predicted octanol–water partition coefficient (Wildman–Crippen LogP) is 4.35. The first kappa shape index (κ1) is 16.0. The van der Waals surface area contributed by atoms with Crippen LogP contribution in [0, 0.1) is 10.5 Å². The van der Waals surface area contributed by atoms with E-state index in [9.17, 15) is 4.79 Å². The van der Waals surface area contributed by atoms with Gasteiger partial charge in [0.15, 0.2) is 0 Å². The highest BCUT2D eigenvalue weighted by atomic mass is 127. The van der Waals surface area contributed by atoms with Crippen LogP contribution in [0.3, 0.4) is 0 Å². The molecule has 2 nitrogen and oxygen atoms in total. The van der Waals surface area contributed by atoms with E-state index in [2.05, 4.69) is 53.9 Å². The van der Waals surface area contributed by atoms with Crippen LogP contribution in [-0.2, 0) is 6.42 Å². The van der Waals surface area contributed by atoms with Crippen molar-refractivity contribution >= 4 is 28.5 Å². The summed E-state index contributed by atoms with van der Waals surface area (Å²) in [6.45, 7) is 6.14. The van der Waals surface area contributed by atoms with Crippen LogP contribution in [0.2, 0.25) is 0 Å². The number of rotatable bonds is 4. The van der Waals surface area contributed by atoms with Gasteiger partial charge in [-0.05, 0) is 67.5 Å². The predicted molar refractivity (Wildman–Crippen MR) is 95.6 cm³/mol. The summed E-state index contributed by atoms with van der Waals surface area (Å²) in [6, 6.07) is 16.1. The average molecular weight is 393 g/mol. The maximum absolute atomic E-state index is 12.5. The number of halogens is 1. The minimum Gasteiger partial charge on any atom is -0.347 e. The van der Waals surface area contributed by atoms with E-state index in [1.54, 1.807) is 0 Å². The second-order valence-corrected chi connectivity index (χ2v) is 7.15. The van der Waals surface area contributed by atoms with Crippen molar-refractivity contribution in [2.75, 3.05) is 0 Å². The number of carbonyl (C=O) groups excluding carboxylic acids is 1. The Hall–Kier alpha value is -1.36. The smallest absolute Gasteiger partial charge is 0.252 e. The summed E-state index contributed by atoms with van der Waals surface area (Å²) in [5.74, 6) is -0.0136. The van der Waals surface area contributed by atoms with Gasteiger partial charge in [0.05, 0.1) is 5.56 Å². The van der Waals surface area contributed by atoms with Gasteiger partial charge in [-0.25, -0.2) is 0 Å². The van der Waals surface area contributed by atoms with Gasteiger partial charge >= 0.3 is 0 Å². The summed E-state index contributed by atoms with van der Waals surface area (Å²) in [5, 5.41) is 3.14. The zero-order valence-electron chi connectivity index (χ0n) is 12.6. The van der Waals surface area contributed by atoms with Crippen LogP contribution in [0.1, 0.15) is 35.3 Å². The average Bonchev–Trinajstić information content (AvgIpc) is 2.38. The largest absolute Gasteiger partial charge is 0.347 e. The lowest BCUT2D eigenvalue weighted by Crippen LogP contribution is -2.45. The molecule has 0 aliphatic heterocycles. The maximum Gasteiger partial charge on any atom is 0.252 e. The van der Waals surface area contributed by atoms with Gasteiger partial charge in [0.25, 0.3) is 5.91 Å². The van der Waals surface area contributed by atoms with E-state index in [4.69, 9.17) is 0 Å². The van der Waals surface area contributed by atoms with E-state index in [0.29, 0.717) is 0 Å². The molecule has 0 fully saturated rings. The van der Waals surface area contributed by atoms with Crippen molar-refractivity contribution in [1.29, 1.82) is 0 Å². The van der Waals surface area contributed by atoms with Crippen LogP contribution < -0.4 is 5.32 Å². The molecule has 110 valence electrons. The number of amides is 1. The van der Waals surface area contributed by atoms with Crippen molar-refractivity contribution in [3.63, 3.8) is 0 Å². The van der Waals surface area contributed by atoms with E-state index in [0.717, 1.165) is 15.6 Å². The van der Waals surface area contributed by atoms with E-state index in [1.807, 2.05) is 43.3 Å². The standard InChI is InChI=1S/C18H20INO/c1-13-9-10-15(16(19)11-13)17(21)20-18(2,3)12-14-7-5-4-6-8-14/h4-11H,12H2,1-3H3,(H,20,21). The lowest BCUT2D eigenvalue weighted by Gasteiger charge is -2.27. The Kier molecular flexibility index (Phi) is 5.04. The van der Waals surface area contributed by atoms with Crippen LogP contribution >= 0.6 is 22.6 Å². The highest BCUT2D eigenvalue weighted by molar-refractivity contribution is 14.1. The molecule has 2 rings (SSSR count). The van der Waals surface area contributed by atoms with Crippen LogP contribution in [-0.4, -0.2) is 11.4 Å². The molecule has 0 saturated heterocycles. The highest BCUT2D eigenvalue weighted by Gasteiger charge is 2.22. The van der Waals surface area contributed by atoms with Crippen molar-refractivity contribution < 1.29 is 4.79 Å². The van der Waals surface area contributed by atoms with Crippen LogP contribution in [0.4, 0.5) is 0 Å². The van der Waals surface area contributed by atoms with Crippen molar-refractivity contribution in [2.24, 2.45) is 0 Å². The molecular weight excluding hydrogens is 373 g/mol. The summed E-state index contributed by atoms with van der Waals surface area (Å²) in [4.78, 5) is 12.5. The molecule has 21 heavy (non-hydrogen) atoms. The van der Waals surface area contributed by atoms with Gasteiger partial charge in [0, 0.05) is 9.11 Å². The molecule has 0 bridgehead atoms. The third kappa shape index (κ3) is 4.56. The normalized spacial score (nSPS) is 11.2. The number of carbonyl (C=O) groups is 1. The second kappa shape index (κ2) is 6.60. The molecule has 3 heteroatoms. The monoisotopic (exact) mass is 393 g/mol. The van der Waals surface area contributed by atoms with Crippen molar-refractivity contribution in [2.45, 2.75) is 32.7 Å². The Balaban J connectivity index is 2.10. The molecule has 0 unspecified atom stereocenters. The summed E-state index contributed by atoms with van der Waals surface area (Å²) < 4.78 is 0.987. The quantitative estimate of drug-likeness (QED) is 0.769. The first-order chi connectivity index (χ1) is 9.87. The summed E-state index contributed by atoms with van der Waals surface area (Å²) in [7, 11) is 0. The van der Waals surface area contributed by atoms with E-state index < -0.39 is 0 Å². The van der Waals surface area contributed by atoms with Gasteiger partial charge in [-0.2, -0.15) is 0 Å². The Morgan fingerprint density at radius 1 is 1.14 bits per heavy atom. The van der Waals surface area contributed by atoms with Gasteiger partial charge in [-0.3, -0.25) is 4.79 Å². The van der Waals surface area contributed by atoms with E-state index >= 15 is 0 Å². The van der Waals surface area contributed by atoms with Crippen molar-refractivity contribution in [3.8, 4) is 0 Å². The number of nitrogens with one attached hydrogen (secondary N) is 1. The summed E-state index contributed by atoms with van der Waals surface area (Å²) >= 11 is 2.22.